The van der Waals surface area contributed by atoms with Gasteiger partial charge in [0.1, 0.15) is 0 Å². The van der Waals surface area contributed by atoms with Gasteiger partial charge in [0.15, 0.2) is 5.56 Å². The molecule has 8 heavy (non-hydrogen) atoms. The highest BCUT2D eigenvalue weighted by Crippen LogP contribution is 1.98. The summed E-state index contributed by atoms with van der Waals surface area (Å²) in [6.45, 7) is 3.18. The van der Waals surface area contributed by atoms with E-state index in [1.54, 1.807) is 0 Å². The van der Waals surface area contributed by atoms with Crippen LogP contribution in [0.2, 0.25) is 0 Å². The largest absolute Gasteiger partial charge is 0.750 e. The van der Waals surface area contributed by atoms with Gasteiger partial charge in [-0.25, -0.2) is 4.21 Å². The Bertz CT molecular complexity index is 105. The van der Waals surface area contributed by atoms with E-state index in [2.05, 4.69) is 10.8 Å². The fraction of sp³-hybridized carbons (Fsp3) is 0.333. The summed E-state index contributed by atoms with van der Waals surface area (Å²) >= 11 is 2.58. The standard InChI is InChI=1S/C3H5ClO3S/c1-2-3(4)7-8(5)6/h2-3H,1H2,(H,5,6)/p-1. The minimum absolute atomic E-state index is 0.951. The second-order valence-electron chi connectivity index (χ2n) is 0.887. The lowest BCUT2D eigenvalue weighted by Crippen LogP contribution is -2.02. The van der Waals surface area contributed by atoms with E-state index in [0.717, 1.165) is 6.08 Å². The first-order valence-corrected chi connectivity index (χ1v) is 3.13. The molecular weight excluding hydrogens is 152 g/mol. The first-order chi connectivity index (χ1) is 3.66. The lowest BCUT2D eigenvalue weighted by Gasteiger charge is -2.06. The van der Waals surface area contributed by atoms with Crippen LogP contribution in [0, 0.1) is 0 Å². The lowest BCUT2D eigenvalue weighted by atomic mass is 10.7. The number of halogens is 1. The van der Waals surface area contributed by atoms with E-state index < -0.39 is 16.9 Å². The third kappa shape index (κ3) is 4.26. The van der Waals surface area contributed by atoms with Gasteiger partial charge >= 0.3 is 0 Å². The van der Waals surface area contributed by atoms with E-state index in [1.165, 1.54) is 0 Å². The molecule has 5 heteroatoms. The summed E-state index contributed by atoms with van der Waals surface area (Å²) in [7, 11) is 0. The maximum absolute atomic E-state index is 9.61. The number of hydrogen-bond donors (Lipinski definition) is 0. The third-order valence-electron chi connectivity index (χ3n) is 0.356. The van der Waals surface area contributed by atoms with Crippen molar-refractivity contribution < 1.29 is 12.9 Å². The molecule has 0 aliphatic carbocycles. The number of alkyl halides is 1. The van der Waals surface area contributed by atoms with Gasteiger partial charge in [-0.05, 0) is 6.08 Å². The first-order valence-electron chi connectivity index (χ1n) is 1.70. The lowest BCUT2D eigenvalue weighted by molar-refractivity contribution is 0.307. The molecule has 0 aliphatic heterocycles. The molecule has 48 valence electrons. The van der Waals surface area contributed by atoms with Crippen LogP contribution in [-0.4, -0.2) is 14.3 Å². The molecule has 0 aromatic heterocycles. The average Bonchev–Trinajstić information content (AvgIpc) is 1.65. The van der Waals surface area contributed by atoms with E-state index in [-0.39, 0.29) is 0 Å². The monoisotopic (exact) mass is 155 g/mol. The Labute approximate surface area is 54.8 Å². The fourth-order valence-corrected chi connectivity index (χ4v) is 0.521. The van der Waals surface area contributed by atoms with Gasteiger partial charge < -0.3 is 4.55 Å². The van der Waals surface area contributed by atoms with Gasteiger partial charge in [0.05, 0.1) is 11.4 Å². The van der Waals surface area contributed by atoms with Crippen LogP contribution in [0.5, 0.6) is 0 Å². The van der Waals surface area contributed by atoms with E-state index in [0.29, 0.717) is 0 Å². The van der Waals surface area contributed by atoms with Crippen molar-refractivity contribution in [1.82, 2.24) is 0 Å². The predicted molar refractivity (Wildman–Crippen MR) is 29.8 cm³/mol. The van der Waals surface area contributed by atoms with Crippen molar-refractivity contribution in [2.75, 3.05) is 0 Å². The van der Waals surface area contributed by atoms with Crippen molar-refractivity contribution in [2.45, 2.75) is 5.56 Å². The second-order valence-corrected chi connectivity index (χ2v) is 1.92. The first kappa shape index (κ1) is 8.10. The molecule has 0 radical (unpaired) electrons. The minimum Gasteiger partial charge on any atom is -0.750 e. The maximum Gasteiger partial charge on any atom is 0.165 e. The summed E-state index contributed by atoms with van der Waals surface area (Å²) in [6.07, 6.45) is 1.16. The van der Waals surface area contributed by atoms with Crippen molar-refractivity contribution >= 4 is 23.0 Å². The van der Waals surface area contributed by atoms with Crippen LogP contribution in [0.1, 0.15) is 0 Å². The molecule has 0 heterocycles. The van der Waals surface area contributed by atoms with Gasteiger partial charge in [-0.15, -0.1) is 0 Å². The molecule has 0 amide bonds. The number of hydrogen-bond acceptors (Lipinski definition) is 3. The van der Waals surface area contributed by atoms with Gasteiger partial charge in [-0.3, -0.25) is 4.18 Å². The predicted octanol–water partition coefficient (Wildman–Crippen LogP) is 0.548. The fourth-order valence-electron chi connectivity index (χ4n) is 0.114. The van der Waals surface area contributed by atoms with Crippen molar-refractivity contribution in [1.29, 1.82) is 0 Å². The van der Waals surface area contributed by atoms with E-state index in [4.69, 9.17) is 11.6 Å². The van der Waals surface area contributed by atoms with E-state index in [9.17, 15) is 8.76 Å². The van der Waals surface area contributed by atoms with Gasteiger partial charge in [0.25, 0.3) is 0 Å². The highest BCUT2D eigenvalue weighted by atomic mass is 35.5. The van der Waals surface area contributed by atoms with Gasteiger partial charge in [0, 0.05) is 0 Å². The summed E-state index contributed by atoms with van der Waals surface area (Å²) in [5.41, 5.74) is -0.951. The topological polar surface area (TPSA) is 49.4 Å². The normalized spacial score (nSPS) is 17.2. The highest BCUT2D eigenvalue weighted by molar-refractivity contribution is 7.74. The Morgan fingerprint density at radius 3 is 2.62 bits per heavy atom. The molecule has 0 aliphatic rings. The smallest absolute Gasteiger partial charge is 0.165 e. The molecule has 0 saturated heterocycles. The summed E-state index contributed by atoms with van der Waals surface area (Å²) in [6, 6.07) is 0. The summed E-state index contributed by atoms with van der Waals surface area (Å²) in [4.78, 5) is 0. The van der Waals surface area contributed by atoms with Crippen molar-refractivity contribution in [2.24, 2.45) is 0 Å². The Hall–Kier alpha value is 0.1000. The van der Waals surface area contributed by atoms with Crippen LogP contribution >= 0.6 is 11.6 Å². The van der Waals surface area contributed by atoms with Crippen LogP contribution in [0.3, 0.4) is 0 Å². The molecule has 0 rings (SSSR count). The Balaban J connectivity index is 3.38. The van der Waals surface area contributed by atoms with Crippen molar-refractivity contribution in [3.63, 3.8) is 0 Å². The zero-order valence-electron chi connectivity index (χ0n) is 3.87. The van der Waals surface area contributed by atoms with E-state index in [1.807, 2.05) is 0 Å². The van der Waals surface area contributed by atoms with Gasteiger partial charge in [-0.1, -0.05) is 18.2 Å². The van der Waals surface area contributed by atoms with Crippen LogP contribution in [0.15, 0.2) is 12.7 Å². The third-order valence-corrected chi connectivity index (χ3v) is 1.09. The summed E-state index contributed by atoms with van der Waals surface area (Å²) in [5, 5.41) is 0. The number of rotatable bonds is 3. The zero-order chi connectivity index (χ0) is 6.57. The molecule has 0 aromatic rings. The highest BCUT2D eigenvalue weighted by Gasteiger charge is 1.94. The maximum atomic E-state index is 9.61. The van der Waals surface area contributed by atoms with Crippen LogP contribution in [0.4, 0.5) is 0 Å². The molecule has 2 atom stereocenters. The Morgan fingerprint density at radius 1 is 2.00 bits per heavy atom. The van der Waals surface area contributed by atoms with Gasteiger partial charge in [-0.2, -0.15) is 0 Å². The molecular formula is C3H4ClO3S-. The van der Waals surface area contributed by atoms with Crippen LogP contribution < -0.4 is 0 Å². The Kier molecular flexibility index (Phi) is 4.08. The molecule has 0 aromatic carbocycles. The average molecular weight is 156 g/mol. The molecule has 0 bridgehead atoms. The molecule has 0 saturated carbocycles. The zero-order valence-corrected chi connectivity index (χ0v) is 5.45. The SMILES string of the molecule is C=CC(Cl)OS(=O)[O-]. The van der Waals surface area contributed by atoms with Crippen molar-refractivity contribution in [3.05, 3.63) is 12.7 Å². The van der Waals surface area contributed by atoms with Gasteiger partial charge in [0.2, 0.25) is 0 Å². The van der Waals surface area contributed by atoms with Crippen LogP contribution in [-0.2, 0) is 15.5 Å². The summed E-state index contributed by atoms with van der Waals surface area (Å²) in [5.74, 6) is 0. The minimum atomic E-state index is -2.55. The molecule has 2 unspecified atom stereocenters. The quantitative estimate of drug-likeness (QED) is 0.340. The second kappa shape index (κ2) is 4.03. The Morgan fingerprint density at radius 2 is 2.50 bits per heavy atom. The van der Waals surface area contributed by atoms with E-state index >= 15 is 0 Å². The van der Waals surface area contributed by atoms with Crippen LogP contribution in [0.25, 0.3) is 0 Å². The van der Waals surface area contributed by atoms with Crippen molar-refractivity contribution in [3.8, 4) is 0 Å². The molecule has 0 spiro atoms. The summed E-state index contributed by atoms with van der Waals surface area (Å²) < 4.78 is 23.2. The molecule has 0 N–H and O–H groups in total. The molecule has 0 fully saturated rings. The molecule has 3 nitrogen and oxygen atoms in total.